The van der Waals surface area contributed by atoms with E-state index in [1.807, 2.05) is 27.7 Å². The zero-order valence-electron chi connectivity index (χ0n) is 11.5. The first-order valence-electron chi connectivity index (χ1n) is 5.98. The van der Waals surface area contributed by atoms with Crippen molar-refractivity contribution in [1.29, 1.82) is 0 Å². The molecule has 94 valence electrons. The van der Waals surface area contributed by atoms with E-state index in [4.69, 9.17) is 4.74 Å². The van der Waals surface area contributed by atoms with Crippen LogP contribution in [0.3, 0.4) is 0 Å². The predicted octanol–water partition coefficient (Wildman–Crippen LogP) is 3.39. The Labute approximate surface area is 108 Å². The summed E-state index contributed by atoms with van der Waals surface area (Å²) in [6.45, 7) is 8.04. The summed E-state index contributed by atoms with van der Waals surface area (Å²) in [5.74, 6) is 0.942. The minimum atomic E-state index is 0.932. The Hall–Kier alpha value is -1.90. The van der Waals surface area contributed by atoms with Crippen molar-refractivity contribution in [3.05, 3.63) is 40.8 Å². The van der Waals surface area contributed by atoms with Gasteiger partial charge in [-0.3, -0.25) is 4.98 Å². The number of nitrogens with zero attached hydrogens (tertiary/aromatic N) is 2. The summed E-state index contributed by atoms with van der Waals surface area (Å²) in [4.78, 5) is 8.94. The number of ether oxygens (including phenoxy) is 1. The first kappa shape index (κ1) is 12.6. The second-order valence-corrected chi connectivity index (χ2v) is 4.59. The fourth-order valence-corrected chi connectivity index (χ4v) is 2.22. The van der Waals surface area contributed by atoms with Crippen molar-refractivity contribution >= 4 is 0 Å². The highest BCUT2D eigenvalue weighted by Gasteiger charge is 2.10. The molecule has 0 saturated heterocycles. The Balaban J connectivity index is 2.61. The van der Waals surface area contributed by atoms with Gasteiger partial charge in [0.25, 0.3) is 0 Å². The van der Waals surface area contributed by atoms with Crippen LogP contribution in [0.15, 0.2) is 18.3 Å². The van der Waals surface area contributed by atoms with Gasteiger partial charge >= 0.3 is 0 Å². The highest BCUT2D eigenvalue weighted by atomic mass is 16.5. The second kappa shape index (κ2) is 4.77. The quantitative estimate of drug-likeness (QED) is 0.809. The fraction of sp³-hybridized carbons (Fsp3) is 0.333. The van der Waals surface area contributed by atoms with Gasteiger partial charge in [-0.2, -0.15) is 0 Å². The molecule has 0 N–H and O–H groups in total. The molecule has 3 nitrogen and oxygen atoms in total. The summed E-state index contributed by atoms with van der Waals surface area (Å²) in [7, 11) is 1.70. The molecule has 1 aromatic heterocycles. The zero-order chi connectivity index (χ0) is 13.3. The standard InChI is InChI=1S/C15H18N2O/c1-9-6-13(7-10(2)15(9)18-5)14-12(4)16-8-11(3)17-14/h6-8H,1-5H3. The van der Waals surface area contributed by atoms with Gasteiger partial charge in [0.15, 0.2) is 0 Å². The molecular formula is C15H18N2O. The summed E-state index contributed by atoms with van der Waals surface area (Å²) in [5, 5.41) is 0. The second-order valence-electron chi connectivity index (χ2n) is 4.59. The highest BCUT2D eigenvalue weighted by Crippen LogP contribution is 2.30. The van der Waals surface area contributed by atoms with Gasteiger partial charge in [0.1, 0.15) is 5.75 Å². The van der Waals surface area contributed by atoms with Crippen LogP contribution in [0.5, 0.6) is 5.75 Å². The van der Waals surface area contributed by atoms with E-state index in [2.05, 4.69) is 22.1 Å². The smallest absolute Gasteiger partial charge is 0.124 e. The highest BCUT2D eigenvalue weighted by molar-refractivity contribution is 5.65. The lowest BCUT2D eigenvalue weighted by atomic mass is 10.0. The van der Waals surface area contributed by atoms with Gasteiger partial charge in [-0.15, -0.1) is 0 Å². The molecule has 0 spiro atoms. The molecule has 0 aliphatic heterocycles. The first-order chi connectivity index (χ1) is 8.52. The van der Waals surface area contributed by atoms with Gasteiger partial charge in [-0.1, -0.05) is 0 Å². The van der Waals surface area contributed by atoms with E-state index in [9.17, 15) is 0 Å². The van der Waals surface area contributed by atoms with Crippen LogP contribution in [-0.2, 0) is 0 Å². The zero-order valence-corrected chi connectivity index (χ0v) is 11.5. The third-order valence-electron chi connectivity index (χ3n) is 3.01. The summed E-state index contributed by atoms with van der Waals surface area (Å²) in [6.07, 6.45) is 1.79. The van der Waals surface area contributed by atoms with E-state index in [1.165, 1.54) is 0 Å². The lowest BCUT2D eigenvalue weighted by Gasteiger charge is -2.12. The van der Waals surface area contributed by atoms with Crippen molar-refractivity contribution in [2.24, 2.45) is 0 Å². The van der Waals surface area contributed by atoms with Crippen LogP contribution in [0.4, 0.5) is 0 Å². The lowest BCUT2D eigenvalue weighted by Crippen LogP contribution is -1.97. The van der Waals surface area contributed by atoms with Gasteiger partial charge in [0, 0.05) is 11.8 Å². The number of hydrogen-bond donors (Lipinski definition) is 0. The van der Waals surface area contributed by atoms with E-state index in [1.54, 1.807) is 13.3 Å². The van der Waals surface area contributed by atoms with Gasteiger partial charge in [-0.25, -0.2) is 4.98 Å². The predicted molar refractivity (Wildman–Crippen MR) is 73.0 cm³/mol. The normalized spacial score (nSPS) is 10.5. The molecule has 0 radical (unpaired) electrons. The molecule has 0 amide bonds. The molecule has 1 aromatic carbocycles. The maximum atomic E-state index is 5.38. The Morgan fingerprint density at radius 3 is 2.17 bits per heavy atom. The fourth-order valence-electron chi connectivity index (χ4n) is 2.22. The van der Waals surface area contributed by atoms with Crippen LogP contribution in [0.25, 0.3) is 11.3 Å². The number of benzene rings is 1. The molecule has 1 heterocycles. The van der Waals surface area contributed by atoms with Crippen LogP contribution >= 0.6 is 0 Å². The minimum Gasteiger partial charge on any atom is -0.496 e. The molecule has 0 aliphatic rings. The molecule has 18 heavy (non-hydrogen) atoms. The van der Waals surface area contributed by atoms with Crippen molar-refractivity contribution in [3.8, 4) is 17.0 Å². The Morgan fingerprint density at radius 2 is 1.61 bits per heavy atom. The van der Waals surface area contributed by atoms with Gasteiger partial charge in [-0.05, 0) is 51.0 Å². The van der Waals surface area contributed by atoms with E-state index in [-0.39, 0.29) is 0 Å². The van der Waals surface area contributed by atoms with E-state index >= 15 is 0 Å². The minimum absolute atomic E-state index is 0.932. The average Bonchev–Trinajstić information content (AvgIpc) is 2.32. The molecule has 0 fully saturated rings. The Kier molecular flexibility index (Phi) is 3.32. The summed E-state index contributed by atoms with van der Waals surface area (Å²) in [6, 6.07) is 4.20. The summed E-state index contributed by atoms with van der Waals surface area (Å²) in [5.41, 5.74) is 6.17. The number of aromatic nitrogens is 2. The van der Waals surface area contributed by atoms with Crippen LogP contribution in [0.1, 0.15) is 22.5 Å². The van der Waals surface area contributed by atoms with Crippen molar-refractivity contribution in [3.63, 3.8) is 0 Å². The van der Waals surface area contributed by atoms with Crippen LogP contribution in [-0.4, -0.2) is 17.1 Å². The number of hydrogen-bond acceptors (Lipinski definition) is 3. The van der Waals surface area contributed by atoms with Gasteiger partial charge < -0.3 is 4.74 Å². The van der Waals surface area contributed by atoms with Gasteiger partial charge in [0.2, 0.25) is 0 Å². The monoisotopic (exact) mass is 242 g/mol. The van der Waals surface area contributed by atoms with Crippen molar-refractivity contribution in [2.75, 3.05) is 7.11 Å². The Morgan fingerprint density at radius 1 is 1.00 bits per heavy atom. The molecule has 0 unspecified atom stereocenters. The largest absolute Gasteiger partial charge is 0.496 e. The van der Waals surface area contributed by atoms with E-state index in [0.29, 0.717) is 0 Å². The van der Waals surface area contributed by atoms with Crippen molar-refractivity contribution in [1.82, 2.24) is 9.97 Å². The maximum Gasteiger partial charge on any atom is 0.124 e. The van der Waals surface area contributed by atoms with E-state index < -0.39 is 0 Å². The first-order valence-corrected chi connectivity index (χ1v) is 5.98. The third-order valence-corrected chi connectivity index (χ3v) is 3.01. The topological polar surface area (TPSA) is 35.0 Å². The maximum absolute atomic E-state index is 5.38. The molecule has 0 bridgehead atoms. The molecule has 3 heteroatoms. The third kappa shape index (κ3) is 2.21. The van der Waals surface area contributed by atoms with Crippen LogP contribution in [0.2, 0.25) is 0 Å². The summed E-state index contributed by atoms with van der Waals surface area (Å²) < 4.78 is 5.38. The van der Waals surface area contributed by atoms with Crippen LogP contribution in [0, 0.1) is 27.7 Å². The number of aryl methyl sites for hydroxylation is 4. The molecule has 2 rings (SSSR count). The van der Waals surface area contributed by atoms with Crippen molar-refractivity contribution in [2.45, 2.75) is 27.7 Å². The molecule has 0 atom stereocenters. The lowest BCUT2D eigenvalue weighted by molar-refractivity contribution is 0.408. The molecule has 0 saturated carbocycles. The number of rotatable bonds is 2. The molecule has 0 aliphatic carbocycles. The Bertz CT molecular complexity index is 568. The SMILES string of the molecule is COc1c(C)cc(-c2nc(C)cnc2C)cc1C. The van der Waals surface area contributed by atoms with Crippen molar-refractivity contribution < 1.29 is 4.74 Å². The van der Waals surface area contributed by atoms with Crippen LogP contribution < -0.4 is 4.74 Å². The molecule has 2 aromatic rings. The number of methoxy groups -OCH3 is 1. The van der Waals surface area contributed by atoms with Gasteiger partial charge in [0.05, 0.1) is 24.2 Å². The van der Waals surface area contributed by atoms with E-state index in [0.717, 1.165) is 39.5 Å². The average molecular weight is 242 g/mol. The molecular weight excluding hydrogens is 224 g/mol. The summed E-state index contributed by atoms with van der Waals surface area (Å²) >= 11 is 0.